The molecular weight excluding hydrogens is 392 g/mol. The van der Waals surface area contributed by atoms with Crippen LogP contribution in [0.3, 0.4) is 0 Å². The highest BCUT2D eigenvalue weighted by Crippen LogP contribution is 2.25. The van der Waals surface area contributed by atoms with E-state index in [-0.39, 0.29) is 16.7 Å². The molecule has 1 amide bonds. The summed E-state index contributed by atoms with van der Waals surface area (Å²) in [5.41, 5.74) is 0. The molecule has 0 aromatic heterocycles. The molecule has 0 spiro atoms. The predicted molar refractivity (Wildman–Crippen MR) is 110 cm³/mol. The molecule has 0 radical (unpaired) electrons. The van der Waals surface area contributed by atoms with Gasteiger partial charge in [0.2, 0.25) is 15.9 Å². The van der Waals surface area contributed by atoms with Gasteiger partial charge in [0.05, 0.1) is 18.1 Å². The van der Waals surface area contributed by atoms with Crippen LogP contribution < -0.4 is 10.1 Å². The molecule has 162 valence electrons. The van der Waals surface area contributed by atoms with Crippen molar-refractivity contribution < 1.29 is 22.7 Å². The van der Waals surface area contributed by atoms with Crippen molar-refractivity contribution in [3.8, 4) is 5.75 Å². The fourth-order valence-electron chi connectivity index (χ4n) is 3.99. The first-order valence-corrected chi connectivity index (χ1v) is 12.0. The fourth-order valence-corrected chi connectivity index (χ4v) is 5.46. The Morgan fingerprint density at radius 3 is 2.38 bits per heavy atom. The maximum absolute atomic E-state index is 12.8. The van der Waals surface area contributed by atoms with Gasteiger partial charge in [-0.2, -0.15) is 4.31 Å². The number of amides is 1. The molecule has 29 heavy (non-hydrogen) atoms. The molecule has 0 unspecified atom stereocenters. The smallest absolute Gasteiger partial charge is 0.243 e. The van der Waals surface area contributed by atoms with E-state index in [0.29, 0.717) is 50.9 Å². The molecule has 1 aromatic rings. The minimum Gasteiger partial charge on any atom is -0.497 e. The topological polar surface area (TPSA) is 84.9 Å². The zero-order chi connectivity index (χ0) is 20.7. The van der Waals surface area contributed by atoms with Crippen molar-refractivity contribution in [2.75, 3.05) is 33.4 Å². The lowest BCUT2D eigenvalue weighted by atomic mass is 9.97. The zero-order valence-electron chi connectivity index (χ0n) is 17.1. The minimum absolute atomic E-state index is 0.0207. The van der Waals surface area contributed by atoms with Gasteiger partial charge in [0.1, 0.15) is 5.75 Å². The largest absolute Gasteiger partial charge is 0.497 e. The Bertz CT molecular complexity index is 752. The van der Waals surface area contributed by atoms with Crippen LogP contribution >= 0.6 is 0 Å². The Labute approximate surface area is 173 Å². The number of rotatable bonds is 9. The molecule has 1 aliphatic carbocycles. The third-order valence-electron chi connectivity index (χ3n) is 5.80. The van der Waals surface area contributed by atoms with Gasteiger partial charge < -0.3 is 14.8 Å². The van der Waals surface area contributed by atoms with Crippen molar-refractivity contribution in [1.29, 1.82) is 0 Å². The van der Waals surface area contributed by atoms with Gasteiger partial charge in [-0.1, -0.05) is 12.8 Å². The van der Waals surface area contributed by atoms with Crippen LogP contribution in [0, 0.1) is 5.92 Å². The van der Waals surface area contributed by atoms with Crippen molar-refractivity contribution >= 4 is 15.9 Å². The number of hydrogen-bond acceptors (Lipinski definition) is 5. The van der Waals surface area contributed by atoms with Gasteiger partial charge in [-0.25, -0.2) is 8.42 Å². The van der Waals surface area contributed by atoms with E-state index in [0.717, 1.165) is 19.3 Å². The predicted octanol–water partition coefficient (Wildman–Crippen LogP) is 2.56. The van der Waals surface area contributed by atoms with Gasteiger partial charge in [0.25, 0.3) is 0 Å². The number of sulfonamides is 1. The van der Waals surface area contributed by atoms with Crippen molar-refractivity contribution in [3.63, 3.8) is 0 Å². The molecule has 8 heteroatoms. The van der Waals surface area contributed by atoms with E-state index in [4.69, 9.17) is 9.47 Å². The summed E-state index contributed by atoms with van der Waals surface area (Å²) in [6.45, 7) is 2.01. The number of carbonyl (C=O) groups excluding carboxylic acids is 1. The molecule has 1 saturated heterocycles. The van der Waals surface area contributed by atoms with Gasteiger partial charge in [-0.15, -0.1) is 0 Å². The summed E-state index contributed by atoms with van der Waals surface area (Å²) in [5.74, 6) is 0.508. The molecule has 7 nitrogen and oxygen atoms in total. The summed E-state index contributed by atoms with van der Waals surface area (Å²) in [5, 5.41) is 2.97. The minimum atomic E-state index is -3.54. The molecule has 1 N–H and O–H groups in total. The summed E-state index contributed by atoms with van der Waals surface area (Å²) in [6.07, 6.45) is 7.13. The highest BCUT2D eigenvalue weighted by atomic mass is 32.2. The maximum atomic E-state index is 12.8. The van der Waals surface area contributed by atoms with Crippen LogP contribution in [-0.2, 0) is 19.6 Å². The summed E-state index contributed by atoms with van der Waals surface area (Å²) in [6, 6.07) is 6.40. The Morgan fingerprint density at radius 2 is 1.76 bits per heavy atom. The number of nitrogens with one attached hydrogen (secondary N) is 1. The second kappa shape index (κ2) is 10.4. The molecule has 3 rings (SSSR count). The number of nitrogens with zero attached hydrogens (tertiary/aromatic N) is 1. The summed E-state index contributed by atoms with van der Waals surface area (Å²) < 4.78 is 37.9. The van der Waals surface area contributed by atoms with Crippen LogP contribution in [0.5, 0.6) is 5.75 Å². The molecule has 1 heterocycles. The quantitative estimate of drug-likeness (QED) is 0.616. The Balaban J connectivity index is 1.39. The second-order valence-electron chi connectivity index (χ2n) is 7.78. The average Bonchev–Trinajstić information content (AvgIpc) is 3.27. The monoisotopic (exact) mass is 424 g/mol. The number of carbonyl (C=O) groups is 1. The lowest BCUT2D eigenvalue weighted by molar-refractivity contribution is -0.126. The normalized spacial score (nSPS) is 19.3. The first-order valence-electron chi connectivity index (χ1n) is 10.5. The van der Waals surface area contributed by atoms with Crippen LogP contribution in [-0.4, -0.2) is 58.1 Å². The van der Waals surface area contributed by atoms with Crippen LogP contribution in [0.2, 0.25) is 0 Å². The lowest BCUT2D eigenvalue weighted by Gasteiger charge is -2.30. The van der Waals surface area contributed by atoms with E-state index < -0.39 is 10.0 Å². The van der Waals surface area contributed by atoms with Gasteiger partial charge in [-0.3, -0.25) is 4.79 Å². The number of piperidine rings is 1. The van der Waals surface area contributed by atoms with Gasteiger partial charge in [-0.05, 0) is 56.4 Å². The summed E-state index contributed by atoms with van der Waals surface area (Å²) in [4.78, 5) is 12.6. The molecule has 0 atom stereocenters. The molecule has 0 bridgehead atoms. The SMILES string of the molecule is COc1ccc(S(=O)(=O)N2CCC(C(=O)NCCCOC3CCCC3)CC2)cc1. The van der Waals surface area contributed by atoms with Crippen LogP contribution in [0.15, 0.2) is 29.2 Å². The highest BCUT2D eigenvalue weighted by Gasteiger charge is 2.32. The number of ether oxygens (including phenoxy) is 2. The lowest BCUT2D eigenvalue weighted by Crippen LogP contribution is -2.43. The van der Waals surface area contributed by atoms with E-state index in [2.05, 4.69) is 5.32 Å². The van der Waals surface area contributed by atoms with Crippen molar-refractivity contribution in [1.82, 2.24) is 9.62 Å². The third-order valence-corrected chi connectivity index (χ3v) is 7.71. The zero-order valence-corrected chi connectivity index (χ0v) is 18.0. The Kier molecular flexibility index (Phi) is 7.91. The molecule has 1 aliphatic heterocycles. The third kappa shape index (κ3) is 5.93. The molecule has 1 saturated carbocycles. The average molecular weight is 425 g/mol. The molecule has 1 aromatic carbocycles. The first-order chi connectivity index (χ1) is 14.0. The molecule has 2 aliphatic rings. The summed E-state index contributed by atoms with van der Waals surface area (Å²) >= 11 is 0. The van der Waals surface area contributed by atoms with Crippen molar-refractivity contribution in [2.45, 2.75) is 55.9 Å². The van der Waals surface area contributed by atoms with Gasteiger partial charge >= 0.3 is 0 Å². The fraction of sp³-hybridized carbons (Fsp3) is 0.667. The second-order valence-corrected chi connectivity index (χ2v) is 9.71. The van der Waals surface area contributed by atoms with Crippen LogP contribution in [0.25, 0.3) is 0 Å². The Hall–Kier alpha value is -1.64. The standard InChI is InChI=1S/C21H32N2O5S/c1-27-18-7-9-20(10-8-18)29(25,26)23-14-11-17(12-15-23)21(24)22-13-4-16-28-19-5-2-3-6-19/h7-10,17,19H,2-6,11-16H2,1H3,(H,22,24). The first kappa shape index (κ1) is 22.1. The van der Waals surface area contributed by atoms with E-state index in [9.17, 15) is 13.2 Å². The Morgan fingerprint density at radius 1 is 1.10 bits per heavy atom. The van der Waals surface area contributed by atoms with Crippen LogP contribution in [0.4, 0.5) is 0 Å². The summed E-state index contributed by atoms with van der Waals surface area (Å²) in [7, 11) is -2.00. The highest BCUT2D eigenvalue weighted by molar-refractivity contribution is 7.89. The van der Waals surface area contributed by atoms with Crippen LogP contribution in [0.1, 0.15) is 44.9 Å². The van der Waals surface area contributed by atoms with E-state index in [1.54, 1.807) is 31.4 Å². The number of benzene rings is 1. The van der Waals surface area contributed by atoms with E-state index >= 15 is 0 Å². The van der Waals surface area contributed by atoms with Crippen molar-refractivity contribution in [3.05, 3.63) is 24.3 Å². The van der Waals surface area contributed by atoms with E-state index in [1.165, 1.54) is 17.1 Å². The van der Waals surface area contributed by atoms with Gasteiger partial charge in [0.15, 0.2) is 0 Å². The van der Waals surface area contributed by atoms with Gasteiger partial charge in [0, 0.05) is 32.2 Å². The van der Waals surface area contributed by atoms with E-state index in [1.807, 2.05) is 0 Å². The maximum Gasteiger partial charge on any atom is 0.243 e. The number of methoxy groups -OCH3 is 1. The number of hydrogen-bond donors (Lipinski definition) is 1. The molecule has 2 fully saturated rings. The molecular formula is C21H32N2O5S. The van der Waals surface area contributed by atoms with Crippen molar-refractivity contribution in [2.24, 2.45) is 5.92 Å².